The molecule has 20 heavy (non-hydrogen) atoms. The molecule has 0 spiro atoms. The molecule has 0 aromatic carbocycles. The molecule has 0 amide bonds. The molecule has 0 bridgehead atoms. The summed E-state index contributed by atoms with van der Waals surface area (Å²) in [6.45, 7) is 0.707. The fourth-order valence-corrected chi connectivity index (χ4v) is 3.35. The highest BCUT2D eigenvalue weighted by Gasteiger charge is 2.23. The van der Waals surface area contributed by atoms with Crippen LogP contribution in [0.25, 0.3) is 10.8 Å². The Balaban J connectivity index is 1.60. The van der Waals surface area contributed by atoms with Crippen LogP contribution in [0.5, 0.6) is 0 Å². The van der Waals surface area contributed by atoms with Gasteiger partial charge in [-0.15, -0.1) is 21.5 Å². The van der Waals surface area contributed by atoms with Crippen molar-refractivity contribution in [2.45, 2.75) is 44.3 Å². The van der Waals surface area contributed by atoms with E-state index in [0.717, 1.165) is 30.6 Å². The van der Waals surface area contributed by atoms with Crippen LogP contribution >= 0.6 is 11.3 Å². The van der Waals surface area contributed by atoms with Gasteiger partial charge >= 0.3 is 0 Å². The third-order valence-corrected chi connectivity index (χ3v) is 4.81. The van der Waals surface area contributed by atoms with Gasteiger partial charge in [-0.3, -0.25) is 4.90 Å². The van der Waals surface area contributed by atoms with Gasteiger partial charge in [0.25, 0.3) is 5.89 Å². The zero-order valence-electron chi connectivity index (χ0n) is 11.7. The van der Waals surface area contributed by atoms with Gasteiger partial charge in [0.2, 0.25) is 5.89 Å². The van der Waals surface area contributed by atoms with Crippen LogP contribution in [0.15, 0.2) is 21.9 Å². The van der Waals surface area contributed by atoms with Gasteiger partial charge in [-0.25, -0.2) is 0 Å². The van der Waals surface area contributed by atoms with Gasteiger partial charge in [0.1, 0.15) is 0 Å². The van der Waals surface area contributed by atoms with E-state index < -0.39 is 0 Å². The fraction of sp³-hybridized carbons (Fsp3) is 0.571. The first-order chi connectivity index (χ1) is 9.72. The van der Waals surface area contributed by atoms with Crippen LogP contribution in [0.2, 0.25) is 0 Å². The van der Waals surface area contributed by atoms with Crippen molar-refractivity contribution in [2.75, 3.05) is 7.05 Å². The molecule has 6 heteroatoms. The maximum Gasteiger partial charge on any atom is 0.257 e. The Morgan fingerprint density at radius 2 is 2.15 bits per heavy atom. The van der Waals surface area contributed by atoms with Gasteiger partial charge in [-0.05, 0) is 44.2 Å². The van der Waals surface area contributed by atoms with Gasteiger partial charge in [-0.2, -0.15) is 0 Å². The van der Waals surface area contributed by atoms with Crippen molar-refractivity contribution >= 4 is 11.3 Å². The Bertz CT molecular complexity index is 531. The van der Waals surface area contributed by atoms with E-state index in [9.17, 15) is 0 Å². The quantitative estimate of drug-likeness (QED) is 0.937. The van der Waals surface area contributed by atoms with E-state index >= 15 is 0 Å². The van der Waals surface area contributed by atoms with Crippen molar-refractivity contribution in [1.29, 1.82) is 0 Å². The molecule has 0 radical (unpaired) electrons. The minimum atomic E-state index is 0.383. The standard InChI is InChI=1S/C14H20N4OS/c1-18(11-6-4-10(15)5-7-11)9-13-16-17-14(19-13)12-3-2-8-20-12/h2-3,8,10-11H,4-7,9,15H2,1H3. The van der Waals surface area contributed by atoms with Crippen molar-refractivity contribution in [3.63, 3.8) is 0 Å². The van der Waals surface area contributed by atoms with E-state index in [-0.39, 0.29) is 0 Å². The lowest BCUT2D eigenvalue weighted by Gasteiger charge is -2.32. The largest absolute Gasteiger partial charge is 0.419 e. The molecule has 0 aliphatic heterocycles. The van der Waals surface area contributed by atoms with E-state index in [2.05, 4.69) is 22.1 Å². The smallest absolute Gasteiger partial charge is 0.257 e. The van der Waals surface area contributed by atoms with Crippen LogP contribution in [-0.2, 0) is 6.54 Å². The second-order valence-electron chi connectivity index (χ2n) is 5.46. The zero-order chi connectivity index (χ0) is 13.9. The predicted molar refractivity (Wildman–Crippen MR) is 79.3 cm³/mol. The summed E-state index contributed by atoms with van der Waals surface area (Å²) in [5.41, 5.74) is 5.95. The lowest BCUT2D eigenvalue weighted by Crippen LogP contribution is -2.38. The van der Waals surface area contributed by atoms with Gasteiger partial charge in [0.05, 0.1) is 11.4 Å². The van der Waals surface area contributed by atoms with Crippen LogP contribution in [-0.4, -0.2) is 34.2 Å². The second kappa shape index (κ2) is 6.03. The van der Waals surface area contributed by atoms with Crippen molar-refractivity contribution in [2.24, 2.45) is 5.73 Å². The van der Waals surface area contributed by atoms with Crippen molar-refractivity contribution in [3.05, 3.63) is 23.4 Å². The first-order valence-corrected chi connectivity index (χ1v) is 7.92. The average molecular weight is 292 g/mol. The molecule has 2 heterocycles. The highest BCUT2D eigenvalue weighted by atomic mass is 32.1. The van der Waals surface area contributed by atoms with Crippen molar-refractivity contribution in [3.8, 4) is 10.8 Å². The summed E-state index contributed by atoms with van der Waals surface area (Å²) in [5, 5.41) is 10.3. The molecule has 108 valence electrons. The Morgan fingerprint density at radius 1 is 1.35 bits per heavy atom. The summed E-state index contributed by atoms with van der Waals surface area (Å²) in [6.07, 6.45) is 4.53. The van der Waals surface area contributed by atoms with Gasteiger partial charge < -0.3 is 10.2 Å². The Hall–Kier alpha value is -1.24. The summed E-state index contributed by atoms with van der Waals surface area (Å²) in [6, 6.07) is 4.94. The van der Waals surface area contributed by atoms with Crippen molar-refractivity contribution in [1.82, 2.24) is 15.1 Å². The van der Waals surface area contributed by atoms with Crippen LogP contribution < -0.4 is 5.73 Å². The molecule has 3 rings (SSSR count). The lowest BCUT2D eigenvalue weighted by molar-refractivity contribution is 0.163. The van der Waals surface area contributed by atoms with Crippen LogP contribution in [0.1, 0.15) is 31.6 Å². The van der Waals surface area contributed by atoms with Gasteiger partial charge in [0.15, 0.2) is 0 Å². The molecule has 0 saturated heterocycles. The lowest BCUT2D eigenvalue weighted by atomic mass is 9.91. The van der Waals surface area contributed by atoms with Crippen molar-refractivity contribution < 1.29 is 4.42 Å². The van der Waals surface area contributed by atoms with E-state index in [4.69, 9.17) is 10.2 Å². The molecule has 2 aromatic heterocycles. The first-order valence-electron chi connectivity index (χ1n) is 7.04. The number of hydrogen-bond donors (Lipinski definition) is 1. The second-order valence-corrected chi connectivity index (χ2v) is 6.41. The van der Waals surface area contributed by atoms with Crippen LogP contribution in [0.4, 0.5) is 0 Å². The Morgan fingerprint density at radius 3 is 2.85 bits per heavy atom. The molecule has 0 atom stereocenters. The van der Waals surface area contributed by atoms with Crippen LogP contribution in [0, 0.1) is 0 Å². The summed E-state index contributed by atoms with van der Waals surface area (Å²) in [5.74, 6) is 1.31. The van der Waals surface area contributed by atoms with E-state index in [1.807, 2.05) is 17.5 Å². The highest BCUT2D eigenvalue weighted by Crippen LogP contribution is 2.25. The Labute approximate surface area is 122 Å². The number of rotatable bonds is 4. The van der Waals surface area contributed by atoms with E-state index in [0.29, 0.717) is 30.4 Å². The van der Waals surface area contributed by atoms with Crippen LogP contribution in [0.3, 0.4) is 0 Å². The predicted octanol–water partition coefficient (Wildman–Crippen LogP) is 2.50. The third kappa shape index (κ3) is 3.08. The fourth-order valence-electron chi connectivity index (χ4n) is 2.70. The Kier molecular flexibility index (Phi) is 4.14. The molecule has 1 saturated carbocycles. The molecule has 5 nitrogen and oxygen atoms in total. The zero-order valence-corrected chi connectivity index (χ0v) is 12.5. The number of thiophene rings is 1. The molecule has 2 N–H and O–H groups in total. The van der Waals surface area contributed by atoms with Gasteiger partial charge in [0, 0.05) is 12.1 Å². The van der Waals surface area contributed by atoms with E-state index in [1.165, 1.54) is 0 Å². The molecule has 0 unspecified atom stereocenters. The minimum absolute atomic E-state index is 0.383. The molecule has 1 aliphatic carbocycles. The molecule has 1 fully saturated rings. The minimum Gasteiger partial charge on any atom is -0.419 e. The summed E-state index contributed by atoms with van der Waals surface area (Å²) in [7, 11) is 2.12. The third-order valence-electron chi connectivity index (χ3n) is 3.95. The van der Waals surface area contributed by atoms with E-state index in [1.54, 1.807) is 11.3 Å². The number of aromatic nitrogens is 2. The SMILES string of the molecule is CN(Cc1nnc(-c2cccs2)o1)C1CCC(N)CC1. The average Bonchev–Trinajstić information content (AvgIpc) is 3.09. The summed E-state index contributed by atoms with van der Waals surface area (Å²) < 4.78 is 5.73. The first kappa shape index (κ1) is 13.7. The maximum absolute atomic E-state index is 5.95. The molecular formula is C14H20N4OS. The molecule has 2 aromatic rings. The molecule has 1 aliphatic rings. The monoisotopic (exact) mass is 292 g/mol. The maximum atomic E-state index is 5.95. The number of nitrogens with zero attached hydrogens (tertiary/aromatic N) is 3. The van der Waals surface area contributed by atoms with Gasteiger partial charge in [-0.1, -0.05) is 6.07 Å². The summed E-state index contributed by atoms with van der Waals surface area (Å²) >= 11 is 1.61. The summed E-state index contributed by atoms with van der Waals surface area (Å²) in [4.78, 5) is 3.33. The normalized spacial score (nSPS) is 23.4. The number of nitrogens with two attached hydrogens (primary N) is 1. The number of hydrogen-bond acceptors (Lipinski definition) is 6. The highest BCUT2D eigenvalue weighted by molar-refractivity contribution is 7.13. The molecular weight excluding hydrogens is 272 g/mol. The topological polar surface area (TPSA) is 68.2 Å².